The third kappa shape index (κ3) is 0.904. The van der Waals surface area contributed by atoms with Crippen LogP contribution in [0.5, 0.6) is 11.5 Å². The molecule has 0 bridgehead atoms. The van der Waals surface area contributed by atoms with Gasteiger partial charge in [0.1, 0.15) is 11.5 Å². The van der Waals surface area contributed by atoms with Crippen LogP contribution in [0, 0.1) is 0 Å². The van der Waals surface area contributed by atoms with E-state index in [2.05, 4.69) is 5.11 Å². The molecular weight excluding hydrogens is 104 g/mol. The van der Waals surface area contributed by atoms with Crippen LogP contribution in [-0.4, -0.2) is 11.6 Å². The zero-order chi connectivity index (χ0) is 6.69. The lowest BCUT2D eigenvalue weighted by Gasteiger charge is -1.88. The Balaban J connectivity index is 2.88. The minimum absolute atomic E-state index is 0.177. The Morgan fingerprint density at radius 1 is 1.12 bits per heavy atom. The maximum Gasteiger partial charge on any atom is 0.293 e. The van der Waals surface area contributed by atoms with Gasteiger partial charge in [-0.15, -0.1) is 0 Å². The molecule has 1 aromatic carbocycles. The van der Waals surface area contributed by atoms with Gasteiger partial charge in [0.25, 0.3) is 1.43 Å². The second kappa shape index (κ2) is 1.74. The summed E-state index contributed by atoms with van der Waals surface area (Å²) in [4.78, 5) is 0. The van der Waals surface area contributed by atoms with Crippen molar-refractivity contribution < 1.29 is 10.2 Å². The van der Waals surface area contributed by atoms with Gasteiger partial charge in [0.05, 0.1) is 0 Å². The summed E-state index contributed by atoms with van der Waals surface area (Å²) in [6, 6.07) is 5.96. The lowest BCUT2D eigenvalue weighted by atomic mass is 10.3. The van der Waals surface area contributed by atoms with Crippen LogP contribution in [0.1, 0.15) is 0 Å². The number of aromatic hydroxyl groups is 2. The molecule has 0 fully saturated rings. The molecule has 2 nitrogen and oxygen atoms in total. The highest BCUT2D eigenvalue weighted by Crippen LogP contribution is 2.13. The maximum absolute atomic E-state index is 8.74. The van der Waals surface area contributed by atoms with E-state index >= 15 is 0 Å². The Bertz CT molecular complexity index is 183. The van der Waals surface area contributed by atoms with E-state index in [0.29, 0.717) is 5.75 Å². The summed E-state index contributed by atoms with van der Waals surface area (Å²) in [6.07, 6.45) is 0. The minimum atomic E-state index is 0.177. The Labute approximate surface area is 48.5 Å². The second-order valence-electron chi connectivity index (χ2n) is 1.49. The molecule has 2 heteroatoms. The van der Waals surface area contributed by atoms with E-state index in [4.69, 9.17) is 6.54 Å². The molecule has 0 saturated carbocycles. The first kappa shape index (κ1) is 3.78. The lowest BCUT2D eigenvalue weighted by molar-refractivity contribution is 0.460. The monoisotopic (exact) mass is 111 g/mol. The van der Waals surface area contributed by atoms with Crippen molar-refractivity contribution in [2.45, 2.75) is 0 Å². The second-order valence-corrected chi connectivity index (χ2v) is 1.49. The molecule has 0 atom stereocenters. The van der Waals surface area contributed by atoms with Gasteiger partial charge in [-0.2, -0.15) is 0 Å². The number of hydrogen-bond acceptors (Lipinski definition) is 2. The van der Waals surface area contributed by atoms with E-state index in [-0.39, 0.29) is 5.75 Å². The molecule has 0 aliphatic rings. The van der Waals surface area contributed by atoms with Crippen molar-refractivity contribution in [2.75, 3.05) is 0 Å². The summed E-state index contributed by atoms with van der Waals surface area (Å²) in [7, 11) is 0. The van der Waals surface area contributed by atoms with Gasteiger partial charge in [-0.3, -0.25) is 0 Å². The molecule has 0 aliphatic carbocycles. The average molecular weight is 111 g/mol. The summed E-state index contributed by atoms with van der Waals surface area (Å²) < 4.78 is 6.43. The summed E-state index contributed by atoms with van der Waals surface area (Å²) in [5, 5.41) is 12.8. The zero-order valence-corrected chi connectivity index (χ0v) is 4.16. The molecule has 0 aliphatic heterocycles. The highest BCUT2D eigenvalue weighted by atomic mass is 16.3. The predicted octanol–water partition coefficient (Wildman–Crippen LogP) is 1.10. The molecular formula is C6H6O2. The summed E-state index contributed by atoms with van der Waals surface area (Å²) in [5.74, 6) is 0.601. The van der Waals surface area contributed by atoms with Gasteiger partial charge in [0.15, 0.2) is 0 Å². The molecule has 42 valence electrons. The van der Waals surface area contributed by atoms with Crippen LogP contribution in [0.25, 0.3) is 0 Å². The Hall–Kier alpha value is -1.18. The van der Waals surface area contributed by atoms with Gasteiger partial charge < -0.3 is 10.2 Å². The van der Waals surface area contributed by atoms with Gasteiger partial charge in [0, 0.05) is 0 Å². The van der Waals surface area contributed by atoms with Crippen LogP contribution in [0.3, 0.4) is 0 Å². The summed E-state index contributed by atoms with van der Waals surface area (Å²) in [5.41, 5.74) is 0. The Morgan fingerprint density at radius 3 is 2.12 bits per heavy atom. The molecule has 0 amide bonds. The molecule has 2 N–H and O–H groups in total. The number of phenolic OH excluding ortho intramolecular Hbond substituents is 2. The smallest absolute Gasteiger partial charge is 0.293 e. The van der Waals surface area contributed by atoms with Crippen molar-refractivity contribution in [3.63, 3.8) is 0 Å². The van der Waals surface area contributed by atoms with Crippen LogP contribution in [0.4, 0.5) is 0 Å². The van der Waals surface area contributed by atoms with Crippen LogP contribution < -0.4 is 0 Å². The van der Waals surface area contributed by atoms with Crippen LogP contribution in [0.2, 0.25) is 0 Å². The maximum atomic E-state index is 8.74. The molecule has 0 saturated heterocycles. The number of rotatable bonds is 1. The molecule has 0 aromatic heterocycles. The van der Waals surface area contributed by atoms with E-state index in [1.54, 1.807) is 0 Å². The highest BCUT2D eigenvalue weighted by molar-refractivity contribution is 5.28. The van der Waals surface area contributed by atoms with Crippen molar-refractivity contribution in [3.8, 4) is 11.5 Å². The lowest BCUT2D eigenvalue weighted by Crippen LogP contribution is -1.61. The number of hydrogen-bond donors (Lipinski definition) is 2. The summed E-state index contributed by atoms with van der Waals surface area (Å²) >= 11 is 0. The zero-order valence-electron chi connectivity index (χ0n) is 5.16. The fourth-order valence-corrected chi connectivity index (χ4v) is 0.446. The fourth-order valence-electron chi connectivity index (χ4n) is 0.446. The van der Waals surface area contributed by atoms with Crippen molar-refractivity contribution in [1.82, 2.24) is 0 Å². The Morgan fingerprint density at radius 2 is 1.62 bits per heavy atom. The topological polar surface area (TPSA) is 40.5 Å². The first-order valence-corrected chi connectivity index (χ1v) is 2.25. The average Bonchev–Trinajstić information content (AvgIpc) is 1.90. The van der Waals surface area contributed by atoms with Gasteiger partial charge in [-0.25, -0.2) is 0 Å². The number of phenols is 2. The van der Waals surface area contributed by atoms with Gasteiger partial charge in [-0.1, -0.05) is 0 Å². The van der Waals surface area contributed by atoms with E-state index in [1.807, 2.05) is 0 Å². The van der Waals surface area contributed by atoms with Gasteiger partial charge in [0.2, 0.25) is 0 Å². The van der Waals surface area contributed by atoms with Gasteiger partial charge >= 0.3 is 0 Å². The van der Waals surface area contributed by atoms with Crippen molar-refractivity contribution in [3.05, 3.63) is 24.3 Å². The van der Waals surface area contributed by atoms with Crippen LogP contribution >= 0.6 is 0 Å². The van der Waals surface area contributed by atoms with E-state index in [0.717, 1.165) is 0 Å². The van der Waals surface area contributed by atoms with Gasteiger partial charge in [-0.05, 0) is 24.3 Å². The molecule has 1 aromatic rings. The molecule has 0 spiro atoms. The predicted molar refractivity (Wildman–Crippen MR) is 29.8 cm³/mol. The minimum Gasteiger partial charge on any atom is -0.508 e. The molecule has 0 heterocycles. The SMILES string of the molecule is [2H]Oc1ccc(O)cc1. The molecule has 1 rings (SSSR count). The third-order valence-corrected chi connectivity index (χ3v) is 0.837. The Kier molecular flexibility index (Phi) is 0.821. The quantitative estimate of drug-likeness (QED) is 0.533. The highest BCUT2D eigenvalue weighted by Gasteiger charge is 1.84. The standard InChI is InChI=1S/C6H6O2/c7-5-1-2-6(8)4-3-5/h1-4,7-8H/i/hD. The van der Waals surface area contributed by atoms with E-state index in [9.17, 15) is 0 Å². The van der Waals surface area contributed by atoms with Crippen molar-refractivity contribution in [2.24, 2.45) is 0 Å². The number of benzene rings is 1. The summed E-state index contributed by atoms with van der Waals surface area (Å²) in [6.45, 7) is 0. The van der Waals surface area contributed by atoms with Crippen molar-refractivity contribution >= 4 is 0 Å². The molecule has 8 heavy (non-hydrogen) atoms. The van der Waals surface area contributed by atoms with E-state index in [1.165, 1.54) is 24.3 Å². The van der Waals surface area contributed by atoms with Crippen LogP contribution in [0.15, 0.2) is 24.3 Å². The third-order valence-electron chi connectivity index (χ3n) is 0.837. The van der Waals surface area contributed by atoms with E-state index < -0.39 is 0 Å². The van der Waals surface area contributed by atoms with Crippen molar-refractivity contribution in [1.29, 1.82) is 1.43 Å². The first-order valence-electron chi connectivity index (χ1n) is 2.66. The molecule has 0 unspecified atom stereocenters. The largest absolute Gasteiger partial charge is 0.508 e. The molecule has 0 radical (unpaired) electrons. The fraction of sp³-hybridized carbons (Fsp3) is 0. The van der Waals surface area contributed by atoms with Crippen LogP contribution in [-0.2, 0) is 0 Å². The normalized spacial score (nSPS) is 10.2. The first-order chi connectivity index (χ1) is 4.33.